The molecular formula is C32H41N5O2. The molecule has 0 bridgehead atoms. The number of fused-ring (bicyclic) bond motifs is 2. The van der Waals surface area contributed by atoms with Crippen molar-refractivity contribution in [3.63, 3.8) is 0 Å². The lowest BCUT2D eigenvalue weighted by Gasteiger charge is -2.36. The zero-order valence-corrected chi connectivity index (χ0v) is 23.7. The normalized spacial score (nSPS) is 14.8. The zero-order chi connectivity index (χ0) is 27.2. The van der Waals surface area contributed by atoms with Crippen LogP contribution in [0.2, 0.25) is 0 Å². The predicted molar refractivity (Wildman–Crippen MR) is 161 cm³/mol. The molecule has 1 aromatic heterocycles. The van der Waals surface area contributed by atoms with E-state index in [2.05, 4.69) is 71.4 Å². The van der Waals surface area contributed by atoms with Crippen LogP contribution in [0.4, 0.5) is 5.82 Å². The second-order valence-corrected chi connectivity index (χ2v) is 10.6. The summed E-state index contributed by atoms with van der Waals surface area (Å²) in [5.74, 6) is 2.86. The van der Waals surface area contributed by atoms with Gasteiger partial charge in [0.1, 0.15) is 5.82 Å². The number of piperazine rings is 1. The van der Waals surface area contributed by atoms with E-state index in [0.717, 1.165) is 35.2 Å². The van der Waals surface area contributed by atoms with Crippen molar-refractivity contribution in [2.75, 3.05) is 58.8 Å². The van der Waals surface area contributed by atoms with Crippen LogP contribution in [-0.4, -0.2) is 79.3 Å². The van der Waals surface area contributed by atoms with E-state index < -0.39 is 0 Å². The minimum absolute atomic E-state index is 0.652. The van der Waals surface area contributed by atoms with Crippen LogP contribution in [0.5, 0.6) is 11.5 Å². The van der Waals surface area contributed by atoms with E-state index in [1.165, 1.54) is 56.3 Å². The quantitative estimate of drug-likeness (QED) is 0.237. The molecule has 0 aliphatic carbocycles. The fourth-order valence-electron chi connectivity index (χ4n) is 5.40. The van der Waals surface area contributed by atoms with Gasteiger partial charge in [-0.3, -0.25) is 4.90 Å². The first-order chi connectivity index (χ1) is 19.1. The van der Waals surface area contributed by atoms with Gasteiger partial charge in [0.15, 0.2) is 17.3 Å². The highest BCUT2D eigenvalue weighted by molar-refractivity contribution is 5.94. The molecular weight excluding hydrogens is 486 g/mol. The van der Waals surface area contributed by atoms with Crippen LogP contribution in [0.25, 0.3) is 33.1 Å². The number of nitrogens with one attached hydrogen (secondary N) is 1. The molecule has 0 radical (unpaired) electrons. The van der Waals surface area contributed by atoms with Crippen LogP contribution in [0.3, 0.4) is 0 Å². The minimum atomic E-state index is 0.652. The highest BCUT2D eigenvalue weighted by Crippen LogP contribution is 2.35. The smallest absolute Gasteiger partial charge is 0.162 e. The fourth-order valence-corrected chi connectivity index (χ4v) is 5.40. The van der Waals surface area contributed by atoms with Gasteiger partial charge in [-0.2, -0.15) is 0 Å². The monoisotopic (exact) mass is 527 g/mol. The third-order valence-electron chi connectivity index (χ3n) is 7.79. The highest BCUT2D eigenvalue weighted by Gasteiger charge is 2.18. The standard InChI is InChI=1S/C32H41N5O2/c1-23(2)37-18-16-36(17-19-37)15-9-5-8-14-33-32-27-21-29(38-3)30(39-4)22-28(27)34-31(35-32)26-13-12-24-10-6-7-11-25(24)20-26/h6-7,10-13,20-23H,5,8-9,14-19H2,1-4H3,(H,33,34,35). The number of ether oxygens (including phenoxy) is 2. The second kappa shape index (κ2) is 12.6. The van der Waals surface area contributed by atoms with Crippen molar-refractivity contribution < 1.29 is 9.47 Å². The summed E-state index contributed by atoms with van der Waals surface area (Å²) in [5.41, 5.74) is 1.82. The Hall–Kier alpha value is -3.42. The van der Waals surface area contributed by atoms with Crippen molar-refractivity contribution in [1.82, 2.24) is 19.8 Å². The van der Waals surface area contributed by atoms with Crippen molar-refractivity contribution in [2.45, 2.75) is 39.2 Å². The topological polar surface area (TPSA) is 62.8 Å². The van der Waals surface area contributed by atoms with Crippen LogP contribution in [0, 0.1) is 0 Å². The van der Waals surface area contributed by atoms with Crippen LogP contribution in [0.1, 0.15) is 33.1 Å². The van der Waals surface area contributed by atoms with Crippen molar-refractivity contribution in [1.29, 1.82) is 0 Å². The maximum absolute atomic E-state index is 5.58. The molecule has 1 saturated heterocycles. The molecule has 0 amide bonds. The summed E-state index contributed by atoms with van der Waals surface area (Å²) in [7, 11) is 3.31. The van der Waals surface area contributed by atoms with Gasteiger partial charge >= 0.3 is 0 Å². The van der Waals surface area contributed by atoms with Gasteiger partial charge in [-0.1, -0.05) is 42.8 Å². The van der Waals surface area contributed by atoms with Crippen LogP contribution in [-0.2, 0) is 0 Å². The zero-order valence-electron chi connectivity index (χ0n) is 23.7. The molecule has 39 heavy (non-hydrogen) atoms. The molecule has 2 heterocycles. The lowest BCUT2D eigenvalue weighted by Crippen LogP contribution is -2.48. The van der Waals surface area contributed by atoms with Crippen molar-refractivity contribution in [3.8, 4) is 22.9 Å². The van der Waals surface area contributed by atoms with E-state index in [9.17, 15) is 0 Å². The minimum Gasteiger partial charge on any atom is -0.493 e. The average Bonchev–Trinajstić information content (AvgIpc) is 2.97. The van der Waals surface area contributed by atoms with Crippen molar-refractivity contribution in [3.05, 3.63) is 54.6 Å². The molecule has 0 atom stereocenters. The van der Waals surface area contributed by atoms with E-state index in [1.807, 2.05) is 12.1 Å². The Morgan fingerprint density at radius 1 is 0.821 bits per heavy atom. The summed E-state index contributed by atoms with van der Waals surface area (Å²) >= 11 is 0. The van der Waals surface area contributed by atoms with Crippen molar-refractivity contribution in [2.24, 2.45) is 0 Å². The Morgan fingerprint density at radius 2 is 1.56 bits per heavy atom. The molecule has 7 heteroatoms. The number of rotatable bonds is 11. The first kappa shape index (κ1) is 27.2. The maximum Gasteiger partial charge on any atom is 0.162 e. The van der Waals surface area contributed by atoms with Gasteiger partial charge in [-0.15, -0.1) is 0 Å². The van der Waals surface area contributed by atoms with Gasteiger partial charge < -0.3 is 19.7 Å². The Balaban J connectivity index is 1.28. The Morgan fingerprint density at radius 3 is 2.31 bits per heavy atom. The third kappa shape index (κ3) is 6.43. The molecule has 4 aromatic rings. The van der Waals surface area contributed by atoms with Crippen LogP contribution in [0.15, 0.2) is 54.6 Å². The Bertz CT molecular complexity index is 1400. The summed E-state index contributed by atoms with van der Waals surface area (Å²) in [6.07, 6.45) is 3.51. The molecule has 3 aromatic carbocycles. The van der Waals surface area contributed by atoms with Crippen LogP contribution < -0.4 is 14.8 Å². The van der Waals surface area contributed by atoms with E-state index in [0.29, 0.717) is 23.4 Å². The van der Waals surface area contributed by atoms with Gasteiger partial charge in [-0.25, -0.2) is 9.97 Å². The fraction of sp³-hybridized carbons (Fsp3) is 0.438. The molecule has 7 nitrogen and oxygen atoms in total. The molecule has 5 rings (SSSR count). The Labute approximate surface area is 232 Å². The molecule has 1 aliphatic rings. The van der Waals surface area contributed by atoms with Gasteiger partial charge in [0.2, 0.25) is 0 Å². The number of methoxy groups -OCH3 is 2. The van der Waals surface area contributed by atoms with E-state index in [4.69, 9.17) is 19.4 Å². The van der Waals surface area contributed by atoms with E-state index >= 15 is 0 Å². The van der Waals surface area contributed by atoms with Gasteiger partial charge in [-0.05, 0) is 56.1 Å². The molecule has 1 aliphatic heterocycles. The van der Waals surface area contributed by atoms with E-state index in [-0.39, 0.29) is 0 Å². The van der Waals surface area contributed by atoms with Gasteiger partial charge in [0.25, 0.3) is 0 Å². The molecule has 0 spiro atoms. The lowest BCUT2D eigenvalue weighted by atomic mass is 10.1. The predicted octanol–water partition coefficient (Wildman–Crippen LogP) is 6.08. The molecule has 206 valence electrons. The summed E-state index contributed by atoms with van der Waals surface area (Å²) in [4.78, 5) is 15.1. The summed E-state index contributed by atoms with van der Waals surface area (Å²) < 4.78 is 11.1. The largest absolute Gasteiger partial charge is 0.493 e. The van der Waals surface area contributed by atoms with Crippen molar-refractivity contribution >= 4 is 27.5 Å². The molecule has 1 N–H and O–H groups in total. The summed E-state index contributed by atoms with van der Waals surface area (Å²) in [5, 5.41) is 6.92. The lowest BCUT2D eigenvalue weighted by molar-refractivity contribution is 0.107. The summed E-state index contributed by atoms with van der Waals surface area (Å²) in [6, 6.07) is 19.3. The first-order valence-corrected chi connectivity index (χ1v) is 14.2. The van der Waals surface area contributed by atoms with Gasteiger partial charge in [0, 0.05) is 55.8 Å². The average molecular weight is 528 g/mol. The molecule has 0 saturated carbocycles. The first-order valence-electron chi connectivity index (χ1n) is 14.2. The van der Waals surface area contributed by atoms with Crippen LogP contribution >= 0.6 is 0 Å². The number of nitrogens with zero attached hydrogens (tertiary/aromatic N) is 4. The molecule has 1 fully saturated rings. The van der Waals surface area contributed by atoms with E-state index in [1.54, 1.807) is 14.2 Å². The number of hydrogen-bond donors (Lipinski definition) is 1. The highest BCUT2D eigenvalue weighted by atomic mass is 16.5. The maximum atomic E-state index is 5.58. The molecule has 0 unspecified atom stereocenters. The second-order valence-electron chi connectivity index (χ2n) is 10.6. The summed E-state index contributed by atoms with van der Waals surface area (Å²) in [6.45, 7) is 11.4. The Kier molecular flexibility index (Phi) is 8.79. The number of unbranched alkanes of at least 4 members (excludes halogenated alkanes) is 2. The number of hydrogen-bond acceptors (Lipinski definition) is 7. The SMILES string of the molecule is COc1cc2nc(-c3ccc4ccccc4c3)nc(NCCCCCN3CCN(C(C)C)CC3)c2cc1OC. The number of anilines is 1. The number of aromatic nitrogens is 2. The van der Waals surface area contributed by atoms with Gasteiger partial charge in [0.05, 0.1) is 19.7 Å². The third-order valence-corrected chi connectivity index (χ3v) is 7.79. The number of benzene rings is 3.